The molecule has 148 valence electrons. The molecule has 2 aromatic carbocycles. The zero-order valence-electron chi connectivity index (χ0n) is 15.9. The van der Waals surface area contributed by atoms with Crippen molar-refractivity contribution in [3.05, 3.63) is 65.7 Å². The lowest BCUT2D eigenvalue weighted by Gasteiger charge is -2.12. The van der Waals surface area contributed by atoms with Crippen LogP contribution in [0.1, 0.15) is 36.2 Å². The Hall–Kier alpha value is -3.35. The van der Waals surface area contributed by atoms with Gasteiger partial charge in [0.15, 0.2) is 6.61 Å². The Kier molecular flexibility index (Phi) is 8.02. The van der Waals surface area contributed by atoms with Crippen LogP contribution in [-0.4, -0.2) is 30.6 Å². The van der Waals surface area contributed by atoms with Crippen LogP contribution in [0.2, 0.25) is 0 Å². The smallest absolute Gasteiger partial charge is 0.338 e. The number of carbonyl (C=O) groups excluding carboxylic acids is 3. The number of hydrogen-bond donors (Lipinski definition) is 2. The molecule has 2 aromatic rings. The number of hydrogen-bond acceptors (Lipinski definition) is 5. The highest BCUT2D eigenvalue weighted by atomic mass is 16.5. The van der Waals surface area contributed by atoms with Crippen molar-refractivity contribution < 1.29 is 23.9 Å². The Morgan fingerprint density at radius 3 is 2.32 bits per heavy atom. The van der Waals surface area contributed by atoms with E-state index in [-0.39, 0.29) is 11.6 Å². The van der Waals surface area contributed by atoms with Gasteiger partial charge in [-0.1, -0.05) is 37.3 Å². The Bertz CT molecular complexity index is 790. The molecule has 2 N–H and O–H groups in total. The predicted octanol–water partition coefficient (Wildman–Crippen LogP) is 3.05. The van der Waals surface area contributed by atoms with E-state index in [9.17, 15) is 14.4 Å². The van der Waals surface area contributed by atoms with Crippen molar-refractivity contribution in [3.63, 3.8) is 0 Å². The summed E-state index contributed by atoms with van der Waals surface area (Å²) in [6.45, 7) is 3.60. The van der Waals surface area contributed by atoms with E-state index in [4.69, 9.17) is 9.47 Å². The van der Waals surface area contributed by atoms with Crippen LogP contribution in [0, 0.1) is 0 Å². The lowest BCUT2D eigenvalue weighted by Crippen LogP contribution is -2.44. The van der Waals surface area contributed by atoms with Gasteiger partial charge in [-0.3, -0.25) is 10.1 Å². The highest BCUT2D eigenvalue weighted by molar-refractivity contribution is 5.97. The molecule has 0 saturated carbocycles. The lowest BCUT2D eigenvalue weighted by molar-refractivity contribution is -0.123. The van der Waals surface area contributed by atoms with Gasteiger partial charge in [0, 0.05) is 6.04 Å². The number of imide groups is 1. The van der Waals surface area contributed by atoms with Gasteiger partial charge in [-0.15, -0.1) is 0 Å². The van der Waals surface area contributed by atoms with Gasteiger partial charge in [-0.05, 0) is 43.2 Å². The third-order valence-corrected chi connectivity index (χ3v) is 3.92. The minimum Gasteiger partial charge on any atom is -0.489 e. The highest BCUT2D eigenvalue weighted by Gasteiger charge is 2.13. The van der Waals surface area contributed by atoms with Crippen LogP contribution >= 0.6 is 0 Å². The first kappa shape index (κ1) is 21.0. The van der Waals surface area contributed by atoms with E-state index in [1.807, 2.05) is 44.2 Å². The molecule has 0 heterocycles. The predicted molar refractivity (Wildman–Crippen MR) is 104 cm³/mol. The number of carbonyl (C=O) groups is 3. The molecule has 0 aliphatic carbocycles. The molecule has 0 fully saturated rings. The molecule has 0 aromatic heterocycles. The lowest BCUT2D eigenvalue weighted by atomic mass is 10.2. The van der Waals surface area contributed by atoms with Crippen molar-refractivity contribution in [2.45, 2.75) is 32.9 Å². The molecule has 0 bridgehead atoms. The van der Waals surface area contributed by atoms with E-state index in [1.165, 1.54) is 0 Å². The molecule has 0 aliphatic rings. The standard InChI is InChI=1S/C21H24N2O5/c1-3-15(2)22-21(26)23-19(24)14-28-20(25)17-9-11-18(12-10-17)27-13-16-7-5-4-6-8-16/h4-12,15H,3,13-14H2,1-2H3,(H2,22,23,24,26)/t15-/m0/s1. The molecule has 7 heteroatoms. The zero-order chi connectivity index (χ0) is 20.4. The fraction of sp³-hybridized carbons (Fsp3) is 0.286. The van der Waals surface area contributed by atoms with Gasteiger partial charge in [-0.2, -0.15) is 0 Å². The van der Waals surface area contributed by atoms with Gasteiger partial charge in [-0.25, -0.2) is 9.59 Å². The monoisotopic (exact) mass is 384 g/mol. The topological polar surface area (TPSA) is 93.7 Å². The maximum absolute atomic E-state index is 12.0. The second-order valence-corrected chi connectivity index (χ2v) is 6.21. The Morgan fingerprint density at radius 2 is 1.68 bits per heavy atom. The molecule has 0 aliphatic heterocycles. The number of esters is 1. The first-order valence-corrected chi connectivity index (χ1v) is 9.02. The second-order valence-electron chi connectivity index (χ2n) is 6.21. The van der Waals surface area contributed by atoms with Crippen LogP contribution in [0.15, 0.2) is 54.6 Å². The SMILES string of the molecule is CC[C@H](C)NC(=O)NC(=O)COC(=O)c1ccc(OCc2ccccc2)cc1. The van der Waals surface area contributed by atoms with Crippen molar-refractivity contribution in [1.29, 1.82) is 0 Å². The molecule has 2 rings (SSSR count). The molecule has 28 heavy (non-hydrogen) atoms. The summed E-state index contributed by atoms with van der Waals surface area (Å²) in [5, 5.41) is 4.69. The van der Waals surface area contributed by atoms with E-state index in [1.54, 1.807) is 24.3 Å². The first-order valence-electron chi connectivity index (χ1n) is 9.02. The Labute approximate surface area is 164 Å². The van der Waals surface area contributed by atoms with Crippen LogP contribution < -0.4 is 15.4 Å². The Morgan fingerprint density at radius 1 is 1.00 bits per heavy atom. The third-order valence-electron chi connectivity index (χ3n) is 3.92. The van der Waals surface area contributed by atoms with Crippen LogP contribution in [0.25, 0.3) is 0 Å². The summed E-state index contributed by atoms with van der Waals surface area (Å²) in [5.74, 6) is -0.746. The summed E-state index contributed by atoms with van der Waals surface area (Å²) in [6.07, 6.45) is 0.738. The van der Waals surface area contributed by atoms with E-state index in [0.717, 1.165) is 12.0 Å². The molecule has 0 spiro atoms. The minimum atomic E-state index is -0.697. The van der Waals surface area contributed by atoms with Crippen LogP contribution in [0.4, 0.5) is 4.79 Å². The third kappa shape index (κ3) is 7.11. The maximum Gasteiger partial charge on any atom is 0.338 e. The second kappa shape index (κ2) is 10.7. The quantitative estimate of drug-likeness (QED) is 0.682. The van der Waals surface area contributed by atoms with E-state index in [0.29, 0.717) is 12.4 Å². The van der Waals surface area contributed by atoms with Gasteiger partial charge in [0.05, 0.1) is 5.56 Å². The number of ether oxygens (including phenoxy) is 2. The summed E-state index contributed by atoms with van der Waals surface area (Å²) in [5.41, 5.74) is 1.32. The summed E-state index contributed by atoms with van der Waals surface area (Å²) in [7, 11) is 0. The molecule has 0 saturated heterocycles. The van der Waals surface area contributed by atoms with Crippen molar-refractivity contribution in [2.24, 2.45) is 0 Å². The number of benzene rings is 2. The van der Waals surface area contributed by atoms with Crippen molar-refractivity contribution >= 4 is 17.9 Å². The van der Waals surface area contributed by atoms with E-state index < -0.39 is 24.5 Å². The summed E-state index contributed by atoms with van der Waals surface area (Å²) in [4.78, 5) is 35.2. The van der Waals surface area contributed by atoms with Crippen LogP contribution in [0.5, 0.6) is 5.75 Å². The summed E-state index contributed by atoms with van der Waals surface area (Å²) in [6, 6.07) is 15.4. The fourth-order valence-electron chi connectivity index (χ4n) is 2.17. The normalized spacial score (nSPS) is 11.2. The van der Waals surface area contributed by atoms with Crippen molar-refractivity contribution in [1.82, 2.24) is 10.6 Å². The average molecular weight is 384 g/mol. The van der Waals surface area contributed by atoms with Crippen LogP contribution in [0.3, 0.4) is 0 Å². The molecule has 0 radical (unpaired) electrons. The molecule has 1 atom stereocenters. The van der Waals surface area contributed by atoms with Crippen molar-refractivity contribution in [2.75, 3.05) is 6.61 Å². The van der Waals surface area contributed by atoms with Crippen LogP contribution in [-0.2, 0) is 16.1 Å². The van der Waals surface area contributed by atoms with E-state index >= 15 is 0 Å². The van der Waals surface area contributed by atoms with Gasteiger partial charge in [0.25, 0.3) is 5.91 Å². The van der Waals surface area contributed by atoms with Crippen molar-refractivity contribution in [3.8, 4) is 5.75 Å². The Balaban J connectivity index is 1.76. The number of nitrogens with one attached hydrogen (secondary N) is 2. The number of urea groups is 1. The molecular formula is C21H24N2O5. The average Bonchev–Trinajstić information content (AvgIpc) is 2.71. The van der Waals surface area contributed by atoms with Gasteiger partial charge in [0.1, 0.15) is 12.4 Å². The first-order chi connectivity index (χ1) is 13.5. The molecular weight excluding hydrogens is 360 g/mol. The van der Waals surface area contributed by atoms with Gasteiger partial charge >= 0.3 is 12.0 Å². The zero-order valence-corrected chi connectivity index (χ0v) is 15.9. The molecule has 0 unspecified atom stereocenters. The van der Waals surface area contributed by atoms with E-state index in [2.05, 4.69) is 10.6 Å². The summed E-state index contributed by atoms with van der Waals surface area (Å²) < 4.78 is 10.6. The number of amides is 3. The largest absolute Gasteiger partial charge is 0.489 e. The van der Waals surface area contributed by atoms with Gasteiger partial charge in [0.2, 0.25) is 0 Å². The summed E-state index contributed by atoms with van der Waals surface area (Å²) >= 11 is 0. The highest BCUT2D eigenvalue weighted by Crippen LogP contribution is 2.15. The number of rotatable bonds is 8. The molecule has 3 amide bonds. The van der Waals surface area contributed by atoms with Gasteiger partial charge < -0.3 is 14.8 Å². The maximum atomic E-state index is 12.0. The molecule has 7 nitrogen and oxygen atoms in total. The minimum absolute atomic E-state index is 0.0574. The fourth-order valence-corrected chi connectivity index (χ4v) is 2.17.